The quantitative estimate of drug-likeness (QED) is 0.643. The minimum atomic E-state index is -0.498. The Morgan fingerprint density at radius 3 is 2.52 bits per heavy atom. The molecule has 3 aromatic rings. The molecule has 0 atom stereocenters. The zero-order valence-corrected chi connectivity index (χ0v) is 15.4. The van der Waals surface area contributed by atoms with E-state index in [2.05, 4.69) is 10.3 Å². The first-order chi connectivity index (χ1) is 13.1. The van der Waals surface area contributed by atoms with Crippen LogP contribution in [-0.2, 0) is 16.0 Å². The summed E-state index contributed by atoms with van der Waals surface area (Å²) in [6.45, 7) is 1.95. The van der Waals surface area contributed by atoms with Crippen LogP contribution in [0.2, 0.25) is 0 Å². The highest BCUT2D eigenvalue weighted by Crippen LogP contribution is 2.36. The van der Waals surface area contributed by atoms with Crippen LogP contribution in [-0.4, -0.2) is 23.5 Å². The van der Waals surface area contributed by atoms with E-state index in [0.29, 0.717) is 21.7 Å². The molecule has 27 heavy (non-hydrogen) atoms. The maximum absolute atomic E-state index is 13.0. The van der Waals surface area contributed by atoms with Gasteiger partial charge in [-0.15, -0.1) is 11.3 Å². The number of ether oxygens (including phenoxy) is 1. The number of rotatable bonds is 6. The molecule has 7 heteroatoms. The lowest BCUT2D eigenvalue weighted by Crippen LogP contribution is -2.16. The highest BCUT2D eigenvalue weighted by Gasteiger charge is 2.22. The van der Waals surface area contributed by atoms with Crippen LogP contribution < -0.4 is 5.32 Å². The molecule has 0 aliphatic heterocycles. The van der Waals surface area contributed by atoms with E-state index < -0.39 is 5.97 Å². The van der Waals surface area contributed by atoms with Gasteiger partial charge in [-0.1, -0.05) is 12.1 Å². The Morgan fingerprint density at radius 2 is 1.85 bits per heavy atom. The number of hydrogen-bond acceptors (Lipinski definition) is 5. The van der Waals surface area contributed by atoms with E-state index in [1.807, 2.05) is 0 Å². The van der Waals surface area contributed by atoms with Crippen molar-refractivity contribution in [3.05, 3.63) is 71.1 Å². The van der Waals surface area contributed by atoms with Gasteiger partial charge in [-0.3, -0.25) is 9.78 Å². The van der Waals surface area contributed by atoms with Gasteiger partial charge in [0.1, 0.15) is 16.4 Å². The van der Waals surface area contributed by atoms with Crippen molar-refractivity contribution in [3.8, 4) is 11.1 Å². The molecule has 0 saturated heterocycles. The van der Waals surface area contributed by atoms with Crippen LogP contribution >= 0.6 is 11.3 Å². The monoisotopic (exact) mass is 384 g/mol. The molecule has 0 saturated carbocycles. The molecule has 1 aromatic carbocycles. The molecule has 0 aliphatic rings. The first-order valence-corrected chi connectivity index (χ1v) is 9.19. The van der Waals surface area contributed by atoms with Crippen LogP contribution in [0.25, 0.3) is 11.1 Å². The second-order valence-corrected chi connectivity index (χ2v) is 6.54. The topological polar surface area (TPSA) is 68.3 Å². The van der Waals surface area contributed by atoms with Gasteiger partial charge in [-0.2, -0.15) is 0 Å². The second kappa shape index (κ2) is 8.55. The van der Waals surface area contributed by atoms with Crippen LogP contribution in [0, 0.1) is 5.82 Å². The molecular formula is C20H17FN2O3S. The van der Waals surface area contributed by atoms with E-state index in [4.69, 9.17) is 4.74 Å². The highest BCUT2D eigenvalue weighted by atomic mass is 32.1. The number of halogens is 1. The number of esters is 1. The van der Waals surface area contributed by atoms with E-state index in [1.54, 1.807) is 49.0 Å². The van der Waals surface area contributed by atoms with Gasteiger partial charge in [0.25, 0.3) is 0 Å². The standard InChI is InChI=1S/C20H17FN2O3S/c1-2-26-20(25)18-16(14-7-9-22-10-8-14)12-27-19(18)23-17(24)11-13-3-5-15(21)6-4-13/h3-10,12H,2,11H2,1H3,(H,23,24). The lowest BCUT2D eigenvalue weighted by atomic mass is 10.1. The summed E-state index contributed by atoms with van der Waals surface area (Å²) in [5.41, 5.74) is 2.49. The fourth-order valence-corrected chi connectivity index (χ4v) is 3.53. The van der Waals surface area contributed by atoms with E-state index >= 15 is 0 Å². The molecule has 138 valence electrons. The summed E-state index contributed by atoms with van der Waals surface area (Å²) < 4.78 is 18.2. The van der Waals surface area contributed by atoms with E-state index in [9.17, 15) is 14.0 Å². The normalized spacial score (nSPS) is 10.4. The molecule has 2 heterocycles. The third kappa shape index (κ3) is 4.57. The number of aromatic nitrogens is 1. The van der Waals surface area contributed by atoms with E-state index in [1.165, 1.54) is 23.5 Å². The maximum Gasteiger partial charge on any atom is 0.341 e. The Balaban J connectivity index is 1.86. The van der Waals surface area contributed by atoms with Gasteiger partial charge in [0.2, 0.25) is 5.91 Å². The summed E-state index contributed by atoms with van der Waals surface area (Å²) in [5.74, 6) is -1.15. The van der Waals surface area contributed by atoms with Gasteiger partial charge >= 0.3 is 5.97 Å². The molecule has 0 radical (unpaired) electrons. The summed E-state index contributed by atoms with van der Waals surface area (Å²) >= 11 is 1.25. The molecule has 2 aromatic heterocycles. The fourth-order valence-electron chi connectivity index (χ4n) is 2.56. The summed E-state index contributed by atoms with van der Waals surface area (Å²) in [6, 6.07) is 9.29. The molecule has 1 amide bonds. The zero-order chi connectivity index (χ0) is 19.2. The highest BCUT2D eigenvalue weighted by molar-refractivity contribution is 7.15. The summed E-state index contributed by atoms with van der Waals surface area (Å²) in [6.07, 6.45) is 3.34. The average molecular weight is 384 g/mol. The van der Waals surface area contributed by atoms with E-state index in [0.717, 1.165) is 5.56 Å². The van der Waals surface area contributed by atoms with Gasteiger partial charge in [0.15, 0.2) is 0 Å². The Labute approximate surface area is 159 Å². The average Bonchev–Trinajstić information content (AvgIpc) is 3.08. The van der Waals surface area contributed by atoms with Crippen molar-refractivity contribution >= 4 is 28.2 Å². The summed E-state index contributed by atoms with van der Waals surface area (Å²) in [5, 5.41) is 5.00. The molecule has 0 aliphatic carbocycles. The molecule has 0 spiro atoms. The number of hydrogen-bond donors (Lipinski definition) is 1. The first kappa shape index (κ1) is 18.7. The van der Waals surface area contributed by atoms with Crippen molar-refractivity contribution in [2.45, 2.75) is 13.3 Å². The second-order valence-electron chi connectivity index (χ2n) is 5.66. The van der Waals surface area contributed by atoms with Crippen LogP contribution in [0.4, 0.5) is 9.39 Å². The Morgan fingerprint density at radius 1 is 1.15 bits per heavy atom. The van der Waals surface area contributed by atoms with Crippen molar-refractivity contribution in [1.29, 1.82) is 0 Å². The minimum absolute atomic E-state index is 0.0744. The SMILES string of the molecule is CCOC(=O)c1c(-c2ccncc2)csc1NC(=O)Cc1ccc(F)cc1. The molecule has 3 rings (SSSR count). The van der Waals surface area contributed by atoms with Crippen LogP contribution in [0.1, 0.15) is 22.8 Å². The van der Waals surface area contributed by atoms with Gasteiger partial charge in [0.05, 0.1) is 13.0 Å². The number of amides is 1. The largest absolute Gasteiger partial charge is 0.462 e. The molecular weight excluding hydrogens is 367 g/mol. The number of pyridine rings is 1. The van der Waals surface area contributed by atoms with Crippen molar-refractivity contribution in [1.82, 2.24) is 4.98 Å². The lowest BCUT2D eigenvalue weighted by Gasteiger charge is -2.09. The number of anilines is 1. The fraction of sp³-hybridized carbons (Fsp3) is 0.150. The predicted molar refractivity (Wildman–Crippen MR) is 102 cm³/mol. The predicted octanol–water partition coefficient (Wildman–Crippen LogP) is 4.31. The van der Waals surface area contributed by atoms with Crippen LogP contribution in [0.3, 0.4) is 0 Å². The third-order valence-electron chi connectivity index (χ3n) is 3.79. The number of carbonyl (C=O) groups is 2. The van der Waals surface area contributed by atoms with Crippen molar-refractivity contribution < 1.29 is 18.7 Å². The van der Waals surface area contributed by atoms with Gasteiger partial charge in [-0.25, -0.2) is 9.18 Å². The van der Waals surface area contributed by atoms with Crippen molar-refractivity contribution in [2.24, 2.45) is 0 Å². The smallest absolute Gasteiger partial charge is 0.341 e. The van der Waals surface area contributed by atoms with Gasteiger partial charge < -0.3 is 10.1 Å². The van der Waals surface area contributed by atoms with Gasteiger partial charge in [0, 0.05) is 23.3 Å². The number of benzene rings is 1. The van der Waals surface area contributed by atoms with Crippen LogP contribution in [0.5, 0.6) is 0 Å². The first-order valence-electron chi connectivity index (χ1n) is 8.31. The van der Waals surface area contributed by atoms with Crippen molar-refractivity contribution in [2.75, 3.05) is 11.9 Å². The maximum atomic E-state index is 13.0. The van der Waals surface area contributed by atoms with Gasteiger partial charge in [-0.05, 0) is 42.3 Å². The number of nitrogens with zero attached hydrogens (tertiary/aromatic N) is 1. The Hall–Kier alpha value is -3.06. The molecule has 0 bridgehead atoms. The van der Waals surface area contributed by atoms with Crippen LogP contribution in [0.15, 0.2) is 54.2 Å². The minimum Gasteiger partial charge on any atom is -0.462 e. The third-order valence-corrected chi connectivity index (χ3v) is 4.69. The Bertz CT molecular complexity index is 940. The number of thiophene rings is 1. The van der Waals surface area contributed by atoms with E-state index in [-0.39, 0.29) is 24.8 Å². The lowest BCUT2D eigenvalue weighted by molar-refractivity contribution is -0.115. The molecule has 0 fully saturated rings. The molecule has 1 N–H and O–H groups in total. The van der Waals surface area contributed by atoms with Crippen molar-refractivity contribution in [3.63, 3.8) is 0 Å². The number of nitrogens with one attached hydrogen (secondary N) is 1. The summed E-state index contributed by atoms with van der Waals surface area (Å²) in [7, 11) is 0. The Kier molecular flexibility index (Phi) is 5.93. The molecule has 5 nitrogen and oxygen atoms in total. The molecule has 0 unspecified atom stereocenters. The summed E-state index contributed by atoms with van der Waals surface area (Å²) in [4.78, 5) is 28.8. The number of carbonyl (C=O) groups excluding carboxylic acids is 2. The zero-order valence-electron chi connectivity index (χ0n) is 14.6.